The Morgan fingerprint density at radius 2 is 1.96 bits per heavy atom. The highest BCUT2D eigenvalue weighted by atomic mass is 16.2. The Hall–Kier alpha value is -2.81. The van der Waals surface area contributed by atoms with Gasteiger partial charge in [-0.2, -0.15) is 5.26 Å². The zero-order chi connectivity index (χ0) is 17.2. The van der Waals surface area contributed by atoms with E-state index >= 15 is 0 Å². The standard InChI is InChI=1S/C17H22N4O2/c1-3-4-5-10-20-12-14(11-18)17(23)21(13(2)22)16-8-6-15(19)7-9-16/h6-9,12,20H,3-5,10,19H2,1-2H3/b14-12-. The van der Waals surface area contributed by atoms with Gasteiger partial charge >= 0.3 is 0 Å². The minimum absolute atomic E-state index is 0.117. The van der Waals surface area contributed by atoms with Gasteiger partial charge in [0, 0.05) is 25.4 Å². The molecule has 0 aromatic heterocycles. The predicted octanol–water partition coefficient (Wildman–Crippen LogP) is 2.34. The lowest BCUT2D eigenvalue weighted by atomic mass is 10.2. The van der Waals surface area contributed by atoms with Gasteiger partial charge < -0.3 is 11.1 Å². The van der Waals surface area contributed by atoms with Crippen molar-refractivity contribution >= 4 is 23.2 Å². The topological polar surface area (TPSA) is 99.2 Å². The van der Waals surface area contributed by atoms with E-state index in [0.717, 1.165) is 24.2 Å². The van der Waals surface area contributed by atoms with Gasteiger partial charge in [-0.3, -0.25) is 9.59 Å². The molecule has 0 aliphatic carbocycles. The summed E-state index contributed by atoms with van der Waals surface area (Å²) in [6, 6.07) is 8.16. The number of nitrogens with one attached hydrogen (secondary N) is 1. The molecule has 0 spiro atoms. The summed E-state index contributed by atoms with van der Waals surface area (Å²) in [6.07, 6.45) is 4.48. The summed E-state index contributed by atoms with van der Waals surface area (Å²) in [6.45, 7) is 4.05. The van der Waals surface area contributed by atoms with Gasteiger partial charge in [0.05, 0.1) is 5.69 Å². The van der Waals surface area contributed by atoms with E-state index in [9.17, 15) is 14.9 Å². The third-order valence-electron chi connectivity index (χ3n) is 3.19. The third-order valence-corrected chi connectivity index (χ3v) is 3.19. The van der Waals surface area contributed by atoms with Crippen LogP contribution in [0.4, 0.5) is 11.4 Å². The van der Waals surface area contributed by atoms with Crippen molar-refractivity contribution in [3.05, 3.63) is 36.0 Å². The van der Waals surface area contributed by atoms with E-state index in [4.69, 9.17) is 5.73 Å². The summed E-state index contributed by atoms with van der Waals surface area (Å²) >= 11 is 0. The second kappa shape index (κ2) is 9.26. The number of carbonyl (C=O) groups is 2. The van der Waals surface area contributed by atoms with Crippen molar-refractivity contribution in [3.63, 3.8) is 0 Å². The molecule has 6 nitrogen and oxygen atoms in total. The van der Waals surface area contributed by atoms with Crippen LogP contribution in [0.25, 0.3) is 0 Å². The first-order chi connectivity index (χ1) is 11.0. The summed E-state index contributed by atoms with van der Waals surface area (Å²) in [5.41, 5.74) is 6.40. The van der Waals surface area contributed by atoms with Crippen LogP contribution in [0.5, 0.6) is 0 Å². The molecule has 0 fully saturated rings. The van der Waals surface area contributed by atoms with Crippen LogP contribution < -0.4 is 16.0 Å². The van der Waals surface area contributed by atoms with Crippen molar-refractivity contribution in [2.75, 3.05) is 17.2 Å². The van der Waals surface area contributed by atoms with Gasteiger partial charge in [-0.05, 0) is 30.7 Å². The molecule has 0 atom stereocenters. The van der Waals surface area contributed by atoms with Gasteiger partial charge in [0.25, 0.3) is 5.91 Å². The number of hydrogen-bond acceptors (Lipinski definition) is 5. The molecule has 6 heteroatoms. The van der Waals surface area contributed by atoms with Crippen molar-refractivity contribution in [2.24, 2.45) is 0 Å². The highest BCUT2D eigenvalue weighted by Gasteiger charge is 2.23. The van der Waals surface area contributed by atoms with Gasteiger partial charge in [-0.15, -0.1) is 0 Å². The molecule has 1 aromatic rings. The number of nitrogens with two attached hydrogens (primary N) is 1. The van der Waals surface area contributed by atoms with Crippen LogP contribution in [0, 0.1) is 11.3 Å². The number of amides is 2. The Bertz CT molecular complexity index is 614. The van der Waals surface area contributed by atoms with Crippen molar-refractivity contribution in [3.8, 4) is 6.07 Å². The third kappa shape index (κ3) is 5.47. The number of anilines is 2. The lowest BCUT2D eigenvalue weighted by Crippen LogP contribution is -2.36. The Morgan fingerprint density at radius 1 is 1.30 bits per heavy atom. The first kappa shape index (κ1) is 18.2. The first-order valence-corrected chi connectivity index (χ1v) is 7.55. The average Bonchev–Trinajstić information content (AvgIpc) is 2.52. The SMILES string of the molecule is CCCCCN/C=C(/C#N)C(=O)N(C(C)=O)c1ccc(N)cc1. The molecular formula is C17H22N4O2. The highest BCUT2D eigenvalue weighted by molar-refractivity contribution is 6.21. The summed E-state index contributed by atoms with van der Waals surface area (Å²) < 4.78 is 0. The minimum atomic E-state index is -0.659. The number of nitrogen functional groups attached to an aromatic ring is 1. The summed E-state index contributed by atoms with van der Waals surface area (Å²) in [4.78, 5) is 25.2. The minimum Gasteiger partial charge on any atom is -0.399 e. The van der Waals surface area contributed by atoms with Crippen molar-refractivity contribution in [1.82, 2.24) is 5.32 Å². The maximum absolute atomic E-state index is 12.5. The van der Waals surface area contributed by atoms with Crippen LogP contribution in [-0.4, -0.2) is 18.4 Å². The first-order valence-electron chi connectivity index (χ1n) is 7.55. The number of imide groups is 1. The molecule has 0 bridgehead atoms. The highest BCUT2D eigenvalue weighted by Crippen LogP contribution is 2.18. The molecular weight excluding hydrogens is 292 g/mol. The van der Waals surface area contributed by atoms with Crippen molar-refractivity contribution < 1.29 is 9.59 Å². The fraction of sp³-hybridized carbons (Fsp3) is 0.353. The molecule has 2 amide bonds. The number of benzene rings is 1. The Morgan fingerprint density at radius 3 is 2.48 bits per heavy atom. The fourth-order valence-corrected chi connectivity index (χ4v) is 1.98. The molecule has 0 heterocycles. The van der Waals surface area contributed by atoms with Crippen LogP contribution in [0.15, 0.2) is 36.0 Å². The number of hydrogen-bond donors (Lipinski definition) is 2. The van der Waals surface area contributed by atoms with Gasteiger partial charge in [0.15, 0.2) is 0 Å². The van der Waals surface area contributed by atoms with Crippen molar-refractivity contribution in [1.29, 1.82) is 5.26 Å². The maximum atomic E-state index is 12.5. The molecule has 1 rings (SSSR count). The van der Waals surface area contributed by atoms with Crippen molar-refractivity contribution in [2.45, 2.75) is 33.1 Å². The molecule has 0 saturated carbocycles. The molecule has 0 aliphatic heterocycles. The molecule has 1 aromatic carbocycles. The summed E-state index contributed by atoms with van der Waals surface area (Å²) in [7, 11) is 0. The largest absolute Gasteiger partial charge is 0.399 e. The van der Waals surface area contributed by atoms with Crippen LogP contribution >= 0.6 is 0 Å². The summed E-state index contributed by atoms with van der Waals surface area (Å²) in [5.74, 6) is -1.13. The Labute approximate surface area is 136 Å². The average molecular weight is 314 g/mol. The zero-order valence-corrected chi connectivity index (χ0v) is 13.5. The van der Waals surface area contributed by atoms with E-state index in [2.05, 4.69) is 12.2 Å². The number of nitriles is 1. The Balaban J connectivity index is 2.91. The van der Waals surface area contributed by atoms with Gasteiger partial charge in [0.2, 0.25) is 5.91 Å². The molecule has 122 valence electrons. The fourth-order valence-electron chi connectivity index (χ4n) is 1.98. The zero-order valence-electron chi connectivity index (χ0n) is 13.5. The van der Waals surface area contributed by atoms with E-state index in [1.54, 1.807) is 24.3 Å². The Kier molecular flexibility index (Phi) is 7.34. The second-order valence-corrected chi connectivity index (χ2v) is 5.08. The monoisotopic (exact) mass is 314 g/mol. The molecule has 0 unspecified atom stereocenters. The molecule has 0 saturated heterocycles. The van der Waals surface area contributed by atoms with E-state index in [0.29, 0.717) is 17.9 Å². The lowest BCUT2D eigenvalue weighted by Gasteiger charge is -2.19. The lowest BCUT2D eigenvalue weighted by molar-refractivity contribution is -0.123. The molecule has 0 radical (unpaired) electrons. The molecule has 3 N–H and O–H groups in total. The predicted molar refractivity (Wildman–Crippen MR) is 90.2 cm³/mol. The number of rotatable bonds is 7. The number of unbranched alkanes of at least 4 members (excludes halogenated alkanes) is 2. The molecule has 0 aliphatic rings. The van der Waals surface area contributed by atoms with Gasteiger partial charge in [-0.1, -0.05) is 19.8 Å². The number of nitrogens with zero attached hydrogens (tertiary/aromatic N) is 2. The maximum Gasteiger partial charge on any atom is 0.277 e. The second-order valence-electron chi connectivity index (χ2n) is 5.08. The van der Waals surface area contributed by atoms with Gasteiger partial charge in [-0.25, -0.2) is 4.90 Å². The van der Waals surface area contributed by atoms with Crippen LogP contribution in [0.3, 0.4) is 0 Å². The smallest absolute Gasteiger partial charge is 0.277 e. The van der Waals surface area contributed by atoms with E-state index in [1.165, 1.54) is 13.1 Å². The quantitative estimate of drug-likeness (QED) is 0.348. The summed E-state index contributed by atoms with van der Waals surface area (Å²) in [5, 5.41) is 12.1. The van der Waals surface area contributed by atoms with Gasteiger partial charge in [0.1, 0.15) is 11.6 Å². The van der Waals surface area contributed by atoms with E-state index in [-0.39, 0.29) is 5.57 Å². The van der Waals surface area contributed by atoms with Crippen LogP contribution in [-0.2, 0) is 9.59 Å². The van der Waals surface area contributed by atoms with Crippen LogP contribution in [0.1, 0.15) is 33.1 Å². The molecule has 23 heavy (non-hydrogen) atoms. The normalized spacial score (nSPS) is 10.7. The van der Waals surface area contributed by atoms with E-state index in [1.807, 2.05) is 6.07 Å². The number of carbonyl (C=O) groups excluding carboxylic acids is 2. The van der Waals surface area contributed by atoms with Crippen LogP contribution in [0.2, 0.25) is 0 Å². The van der Waals surface area contributed by atoms with E-state index < -0.39 is 11.8 Å².